The Balaban J connectivity index is 1.65. The fraction of sp³-hybridized carbons (Fsp3) is 0.188. The van der Waals surface area contributed by atoms with Gasteiger partial charge in [-0.15, -0.1) is 5.10 Å². The predicted molar refractivity (Wildman–Crippen MR) is 92.1 cm³/mol. The van der Waals surface area contributed by atoms with Crippen molar-refractivity contribution in [2.24, 2.45) is 7.05 Å². The zero-order valence-electron chi connectivity index (χ0n) is 13.1. The van der Waals surface area contributed by atoms with Gasteiger partial charge in [-0.3, -0.25) is 9.48 Å². The minimum Gasteiger partial charge on any atom is -0.328 e. The van der Waals surface area contributed by atoms with Crippen molar-refractivity contribution < 1.29 is 4.79 Å². The molecule has 0 unspecified atom stereocenters. The normalized spacial score (nSPS) is 13.4. The molecule has 126 valence electrons. The molecule has 3 aromatic rings. The fourth-order valence-electron chi connectivity index (χ4n) is 2.85. The van der Waals surface area contributed by atoms with Crippen LogP contribution >= 0.6 is 23.2 Å². The summed E-state index contributed by atoms with van der Waals surface area (Å²) in [6.45, 7) is 0.945. The summed E-state index contributed by atoms with van der Waals surface area (Å²) in [6, 6.07) is 5.58. The lowest BCUT2D eigenvalue weighted by Crippen LogP contribution is -2.23. The number of carbonyl (C=O) groups excluding carboxylic acids is 1. The predicted octanol–water partition coefficient (Wildman–Crippen LogP) is 2.73. The molecule has 0 N–H and O–H groups in total. The summed E-state index contributed by atoms with van der Waals surface area (Å²) in [5.74, 6) is -0.0567. The molecule has 0 atom stereocenters. The van der Waals surface area contributed by atoms with Gasteiger partial charge >= 0.3 is 0 Å². The number of fused-ring (bicyclic) bond motifs is 1. The minimum atomic E-state index is -0.0567. The largest absolute Gasteiger partial charge is 0.328 e. The quantitative estimate of drug-likeness (QED) is 0.658. The molecule has 7 nitrogen and oxygen atoms in total. The van der Waals surface area contributed by atoms with Crippen LogP contribution in [0.15, 0.2) is 30.6 Å². The summed E-state index contributed by atoms with van der Waals surface area (Å²) >= 11 is 12.0. The van der Waals surface area contributed by atoms with E-state index in [1.165, 1.54) is 6.20 Å². The summed E-state index contributed by atoms with van der Waals surface area (Å²) < 4.78 is 1.61. The zero-order valence-corrected chi connectivity index (χ0v) is 14.7. The van der Waals surface area contributed by atoms with E-state index in [4.69, 9.17) is 23.2 Å². The zero-order chi connectivity index (χ0) is 17.6. The van der Waals surface area contributed by atoms with Crippen LogP contribution in [0.25, 0.3) is 11.3 Å². The second-order valence-corrected chi connectivity index (χ2v) is 6.50. The van der Waals surface area contributed by atoms with Crippen molar-refractivity contribution in [3.05, 3.63) is 57.7 Å². The third-order valence-corrected chi connectivity index (χ3v) is 4.44. The average molecular weight is 375 g/mol. The van der Waals surface area contributed by atoms with Crippen LogP contribution in [-0.2, 0) is 20.1 Å². The van der Waals surface area contributed by atoms with Gasteiger partial charge in [0.2, 0.25) is 5.28 Å². The summed E-state index contributed by atoms with van der Waals surface area (Å²) in [4.78, 5) is 22.5. The van der Waals surface area contributed by atoms with Crippen molar-refractivity contribution in [2.45, 2.75) is 13.1 Å². The first-order valence-corrected chi connectivity index (χ1v) is 8.22. The number of hydrogen-bond acceptors (Lipinski definition) is 5. The number of aryl methyl sites for hydroxylation is 1. The van der Waals surface area contributed by atoms with E-state index in [9.17, 15) is 4.79 Å². The Morgan fingerprint density at radius 1 is 1.28 bits per heavy atom. The van der Waals surface area contributed by atoms with Gasteiger partial charge in [0.05, 0.1) is 23.5 Å². The molecular formula is C16H12Cl2N6O. The van der Waals surface area contributed by atoms with Gasteiger partial charge in [-0.1, -0.05) is 28.9 Å². The maximum absolute atomic E-state index is 12.7. The molecule has 1 aliphatic heterocycles. The van der Waals surface area contributed by atoms with Crippen LogP contribution in [0.4, 0.5) is 0 Å². The molecule has 3 heterocycles. The van der Waals surface area contributed by atoms with Crippen molar-refractivity contribution in [3.8, 4) is 11.3 Å². The molecular weight excluding hydrogens is 363 g/mol. The Kier molecular flexibility index (Phi) is 3.89. The van der Waals surface area contributed by atoms with Crippen LogP contribution in [0.2, 0.25) is 10.3 Å². The van der Waals surface area contributed by atoms with E-state index in [0.717, 1.165) is 16.8 Å². The number of nitrogens with zero attached hydrogens (tertiary/aromatic N) is 6. The first-order chi connectivity index (χ1) is 12.0. The van der Waals surface area contributed by atoms with Crippen molar-refractivity contribution in [2.75, 3.05) is 0 Å². The molecule has 25 heavy (non-hydrogen) atoms. The maximum Gasteiger partial charge on any atom is 0.254 e. The lowest BCUT2D eigenvalue weighted by Gasteiger charge is -2.12. The molecule has 0 aliphatic carbocycles. The second kappa shape index (κ2) is 6.09. The highest BCUT2D eigenvalue weighted by Gasteiger charge is 2.28. The Morgan fingerprint density at radius 3 is 2.88 bits per heavy atom. The van der Waals surface area contributed by atoms with Crippen molar-refractivity contribution >= 4 is 29.1 Å². The molecule has 0 bridgehead atoms. The number of carbonyl (C=O) groups is 1. The third kappa shape index (κ3) is 2.96. The van der Waals surface area contributed by atoms with Crippen LogP contribution in [0.3, 0.4) is 0 Å². The third-order valence-electron chi connectivity index (χ3n) is 3.98. The van der Waals surface area contributed by atoms with Gasteiger partial charge in [0.1, 0.15) is 5.69 Å². The summed E-state index contributed by atoms with van der Waals surface area (Å²) in [7, 11) is 1.79. The molecule has 4 rings (SSSR count). The topological polar surface area (TPSA) is 76.8 Å². The highest BCUT2D eigenvalue weighted by Crippen LogP contribution is 2.31. The average Bonchev–Trinajstić information content (AvgIpc) is 3.14. The van der Waals surface area contributed by atoms with E-state index in [2.05, 4.69) is 20.3 Å². The molecule has 0 saturated carbocycles. The van der Waals surface area contributed by atoms with E-state index in [-0.39, 0.29) is 11.2 Å². The monoisotopic (exact) mass is 374 g/mol. The number of halogens is 2. The molecule has 0 radical (unpaired) electrons. The van der Waals surface area contributed by atoms with Crippen molar-refractivity contribution in [1.29, 1.82) is 0 Å². The molecule has 0 fully saturated rings. The molecule has 1 amide bonds. The number of benzene rings is 1. The second-order valence-electron chi connectivity index (χ2n) is 5.75. The van der Waals surface area contributed by atoms with Gasteiger partial charge in [-0.25, -0.2) is 9.97 Å². The molecule has 0 saturated heterocycles. The minimum absolute atomic E-state index is 0.0567. The molecule has 0 spiro atoms. The van der Waals surface area contributed by atoms with Gasteiger partial charge in [0, 0.05) is 30.9 Å². The van der Waals surface area contributed by atoms with Crippen molar-refractivity contribution in [3.63, 3.8) is 0 Å². The van der Waals surface area contributed by atoms with Gasteiger partial charge in [-0.05, 0) is 23.2 Å². The smallest absolute Gasteiger partial charge is 0.254 e. The SMILES string of the molecule is Cn1cc(CN2Cc3ccc(-c4nc(Cl)ncc4Cl)cc3C2=O)nn1. The summed E-state index contributed by atoms with van der Waals surface area (Å²) in [6.07, 6.45) is 3.24. The van der Waals surface area contributed by atoms with E-state index in [1.807, 2.05) is 12.1 Å². The van der Waals surface area contributed by atoms with Gasteiger partial charge in [-0.2, -0.15) is 0 Å². The molecule has 2 aromatic heterocycles. The number of rotatable bonds is 3. The van der Waals surface area contributed by atoms with E-state index < -0.39 is 0 Å². The number of amides is 1. The van der Waals surface area contributed by atoms with Crippen LogP contribution < -0.4 is 0 Å². The van der Waals surface area contributed by atoms with Crippen LogP contribution in [-0.4, -0.2) is 35.8 Å². The lowest BCUT2D eigenvalue weighted by molar-refractivity contribution is 0.0764. The first kappa shape index (κ1) is 16.0. The lowest BCUT2D eigenvalue weighted by atomic mass is 10.0. The maximum atomic E-state index is 12.7. The first-order valence-electron chi connectivity index (χ1n) is 7.47. The standard InChI is InChI=1S/C16H12Cl2N6O/c1-23-7-11(21-22-23)8-24-6-10-3-2-9(4-12(10)15(24)25)14-13(17)5-19-16(18)20-14/h2-5,7H,6,8H2,1H3. The van der Waals surface area contributed by atoms with Gasteiger partial charge < -0.3 is 4.90 Å². The van der Waals surface area contributed by atoms with Gasteiger partial charge in [0.25, 0.3) is 5.91 Å². The van der Waals surface area contributed by atoms with E-state index >= 15 is 0 Å². The Hall–Kier alpha value is -2.51. The molecule has 1 aliphatic rings. The van der Waals surface area contributed by atoms with E-state index in [0.29, 0.717) is 29.4 Å². The molecule has 9 heteroatoms. The summed E-state index contributed by atoms with van der Waals surface area (Å²) in [5, 5.41) is 8.41. The Morgan fingerprint density at radius 2 is 2.12 bits per heavy atom. The highest BCUT2D eigenvalue weighted by molar-refractivity contribution is 6.33. The molecule has 1 aromatic carbocycles. The highest BCUT2D eigenvalue weighted by atomic mass is 35.5. The fourth-order valence-corrected chi connectivity index (χ4v) is 3.18. The van der Waals surface area contributed by atoms with Crippen LogP contribution in [0, 0.1) is 0 Å². The number of aromatic nitrogens is 5. The van der Waals surface area contributed by atoms with E-state index in [1.54, 1.807) is 28.9 Å². The van der Waals surface area contributed by atoms with Crippen molar-refractivity contribution in [1.82, 2.24) is 29.9 Å². The van der Waals surface area contributed by atoms with Gasteiger partial charge in [0.15, 0.2) is 0 Å². The number of hydrogen-bond donors (Lipinski definition) is 0. The van der Waals surface area contributed by atoms with Crippen LogP contribution in [0.5, 0.6) is 0 Å². The Bertz CT molecular complexity index is 987. The van der Waals surface area contributed by atoms with Crippen LogP contribution in [0.1, 0.15) is 21.6 Å². The summed E-state index contributed by atoms with van der Waals surface area (Å²) in [5.41, 5.74) is 3.56. The Labute approximate surface area is 153 Å².